The van der Waals surface area contributed by atoms with Gasteiger partial charge >= 0.3 is 6.09 Å². The van der Waals surface area contributed by atoms with E-state index in [4.69, 9.17) is 25.8 Å². The number of morpholine rings is 1. The van der Waals surface area contributed by atoms with Crippen molar-refractivity contribution in [2.45, 2.75) is 0 Å². The molecule has 0 bridgehead atoms. The molecule has 1 aliphatic heterocycles. The minimum Gasteiger partial charge on any atom is -0.493 e. The number of amides is 2. The van der Waals surface area contributed by atoms with Crippen LogP contribution in [0.15, 0.2) is 48.0 Å². The predicted octanol–water partition coefficient (Wildman–Crippen LogP) is 3.73. The third-order valence-corrected chi connectivity index (χ3v) is 4.69. The Morgan fingerprint density at radius 1 is 1.16 bits per heavy atom. The van der Waals surface area contributed by atoms with Crippen LogP contribution in [0.1, 0.15) is 5.56 Å². The van der Waals surface area contributed by atoms with Crippen LogP contribution in [-0.2, 0) is 9.53 Å². The van der Waals surface area contributed by atoms with Crippen molar-refractivity contribution in [3.63, 3.8) is 0 Å². The van der Waals surface area contributed by atoms with E-state index in [9.17, 15) is 14.9 Å². The Morgan fingerprint density at radius 2 is 1.87 bits per heavy atom. The van der Waals surface area contributed by atoms with Gasteiger partial charge in [0.1, 0.15) is 11.6 Å². The Balaban J connectivity index is 1.73. The summed E-state index contributed by atoms with van der Waals surface area (Å²) in [5.74, 6) is 0.104. The minimum absolute atomic E-state index is 0.00176. The number of carbonyl (C=O) groups is 2. The van der Waals surface area contributed by atoms with Crippen molar-refractivity contribution < 1.29 is 23.8 Å². The lowest BCUT2D eigenvalue weighted by molar-refractivity contribution is -0.130. The molecule has 0 atom stereocenters. The van der Waals surface area contributed by atoms with E-state index in [1.165, 1.54) is 19.3 Å². The number of hydrogen-bond acceptors (Lipinski definition) is 6. The van der Waals surface area contributed by atoms with Crippen molar-refractivity contribution in [1.82, 2.24) is 4.90 Å². The zero-order chi connectivity index (χ0) is 22.2. The number of nitrogens with zero attached hydrogens (tertiary/aromatic N) is 2. The number of benzene rings is 2. The quantitative estimate of drug-likeness (QED) is 0.560. The average Bonchev–Trinajstić information content (AvgIpc) is 2.80. The first kappa shape index (κ1) is 22.2. The third kappa shape index (κ3) is 5.98. The highest BCUT2D eigenvalue weighted by Gasteiger charge is 2.21. The van der Waals surface area contributed by atoms with Gasteiger partial charge in [0.2, 0.25) is 0 Å². The van der Waals surface area contributed by atoms with E-state index < -0.39 is 6.09 Å². The summed E-state index contributed by atoms with van der Waals surface area (Å²) in [6.45, 7) is 1.78. The molecule has 1 saturated heterocycles. The van der Waals surface area contributed by atoms with E-state index in [1.54, 1.807) is 41.3 Å². The van der Waals surface area contributed by atoms with E-state index in [0.29, 0.717) is 42.6 Å². The minimum atomic E-state index is -0.705. The molecule has 3 rings (SSSR count). The molecule has 0 unspecified atom stereocenters. The second kappa shape index (κ2) is 10.5. The maximum atomic E-state index is 12.6. The van der Waals surface area contributed by atoms with Gasteiger partial charge < -0.3 is 19.1 Å². The van der Waals surface area contributed by atoms with Gasteiger partial charge in [0.25, 0.3) is 5.91 Å². The molecule has 1 aliphatic rings. The van der Waals surface area contributed by atoms with E-state index in [-0.39, 0.29) is 23.0 Å². The monoisotopic (exact) mass is 441 g/mol. The van der Waals surface area contributed by atoms with E-state index >= 15 is 0 Å². The number of halogens is 1. The van der Waals surface area contributed by atoms with Gasteiger partial charge in [-0.3, -0.25) is 10.1 Å². The lowest BCUT2D eigenvalue weighted by atomic mass is 10.1. The zero-order valence-electron chi connectivity index (χ0n) is 16.8. The molecule has 160 valence electrons. The first-order valence-electron chi connectivity index (χ1n) is 9.41. The first-order valence-corrected chi connectivity index (χ1v) is 9.79. The normalized spacial score (nSPS) is 13.8. The zero-order valence-corrected chi connectivity index (χ0v) is 17.5. The van der Waals surface area contributed by atoms with Gasteiger partial charge in [-0.15, -0.1) is 0 Å². The number of nitriles is 1. The molecule has 0 aromatic heterocycles. The molecular formula is C22H20ClN3O5. The summed E-state index contributed by atoms with van der Waals surface area (Å²) in [6.07, 6.45) is 0.766. The molecule has 0 spiro atoms. The number of methoxy groups -OCH3 is 1. The highest BCUT2D eigenvalue weighted by Crippen LogP contribution is 2.29. The maximum Gasteiger partial charge on any atom is 0.417 e. The highest BCUT2D eigenvalue weighted by molar-refractivity contribution is 6.30. The first-order chi connectivity index (χ1) is 15.0. The third-order valence-electron chi connectivity index (χ3n) is 4.44. The van der Waals surface area contributed by atoms with Crippen LogP contribution >= 0.6 is 11.6 Å². The summed E-state index contributed by atoms with van der Waals surface area (Å²) >= 11 is 5.83. The van der Waals surface area contributed by atoms with Gasteiger partial charge in [-0.2, -0.15) is 5.26 Å². The number of anilines is 1. The average molecular weight is 442 g/mol. The predicted molar refractivity (Wildman–Crippen MR) is 115 cm³/mol. The van der Waals surface area contributed by atoms with Crippen LogP contribution < -0.4 is 14.8 Å². The Kier molecular flexibility index (Phi) is 7.49. The molecule has 2 aromatic carbocycles. The number of rotatable bonds is 5. The number of hydrogen-bond donors (Lipinski definition) is 1. The Morgan fingerprint density at radius 3 is 2.52 bits per heavy atom. The van der Waals surface area contributed by atoms with Crippen molar-refractivity contribution in [2.75, 3.05) is 38.7 Å². The summed E-state index contributed by atoms with van der Waals surface area (Å²) in [5.41, 5.74) is 1.08. The van der Waals surface area contributed by atoms with Crippen LogP contribution in [0.3, 0.4) is 0 Å². The Labute approximate surface area is 184 Å². The number of nitrogens with one attached hydrogen (secondary N) is 1. The number of ether oxygens (including phenoxy) is 3. The van der Waals surface area contributed by atoms with Gasteiger partial charge in [0.05, 0.1) is 20.3 Å². The molecule has 1 fully saturated rings. The molecule has 31 heavy (non-hydrogen) atoms. The molecule has 2 aromatic rings. The van der Waals surface area contributed by atoms with Crippen LogP contribution in [0.5, 0.6) is 11.5 Å². The molecule has 1 heterocycles. The second-order valence-corrected chi connectivity index (χ2v) is 6.94. The molecule has 2 amide bonds. The van der Waals surface area contributed by atoms with Crippen LogP contribution in [0.25, 0.3) is 6.08 Å². The molecular weight excluding hydrogens is 422 g/mol. The maximum absolute atomic E-state index is 12.6. The van der Waals surface area contributed by atoms with Gasteiger partial charge in [0, 0.05) is 23.8 Å². The summed E-state index contributed by atoms with van der Waals surface area (Å²) in [4.78, 5) is 26.3. The molecule has 8 nitrogen and oxygen atoms in total. The van der Waals surface area contributed by atoms with Gasteiger partial charge in [-0.25, -0.2) is 4.79 Å². The summed E-state index contributed by atoms with van der Waals surface area (Å²) in [7, 11) is 1.43. The second-order valence-electron chi connectivity index (χ2n) is 6.51. The topological polar surface area (TPSA) is 101 Å². The van der Waals surface area contributed by atoms with Crippen LogP contribution in [0.2, 0.25) is 5.02 Å². The van der Waals surface area contributed by atoms with Crippen molar-refractivity contribution in [1.29, 1.82) is 5.26 Å². The lowest BCUT2D eigenvalue weighted by Crippen LogP contribution is -2.41. The number of carbonyl (C=O) groups excluding carboxylic acids is 2. The van der Waals surface area contributed by atoms with Crippen molar-refractivity contribution >= 4 is 35.4 Å². The summed E-state index contributed by atoms with van der Waals surface area (Å²) < 4.78 is 15.8. The fourth-order valence-electron chi connectivity index (χ4n) is 2.88. The fraction of sp³-hybridized carbons (Fsp3) is 0.227. The van der Waals surface area contributed by atoms with Crippen molar-refractivity contribution in [3.8, 4) is 17.6 Å². The largest absolute Gasteiger partial charge is 0.493 e. The molecule has 0 radical (unpaired) electrons. The van der Waals surface area contributed by atoms with Gasteiger partial charge in [0.15, 0.2) is 11.5 Å². The van der Waals surface area contributed by atoms with Crippen LogP contribution in [0, 0.1) is 11.3 Å². The molecule has 0 saturated carbocycles. The fourth-order valence-corrected chi connectivity index (χ4v) is 3.01. The lowest BCUT2D eigenvalue weighted by Gasteiger charge is -2.26. The molecule has 0 aliphatic carbocycles. The van der Waals surface area contributed by atoms with Gasteiger partial charge in [-0.1, -0.05) is 17.7 Å². The van der Waals surface area contributed by atoms with E-state index in [2.05, 4.69) is 5.32 Å². The SMILES string of the molecule is COc1cc(/C=C(\C#N)C(=O)N2CCOCC2)ccc1OC(=O)Nc1ccc(Cl)cc1. The van der Waals surface area contributed by atoms with Gasteiger partial charge in [-0.05, 0) is 48.0 Å². The van der Waals surface area contributed by atoms with Crippen LogP contribution in [-0.4, -0.2) is 50.3 Å². The standard InChI is InChI=1S/C22H20ClN3O5/c1-29-20-13-15(12-16(14-24)21(27)26-8-10-30-11-9-26)2-7-19(20)31-22(28)25-18-5-3-17(23)4-6-18/h2-7,12-13H,8-11H2,1H3,(H,25,28)/b16-12+. The Bertz CT molecular complexity index is 1020. The highest BCUT2D eigenvalue weighted by atomic mass is 35.5. The smallest absolute Gasteiger partial charge is 0.417 e. The van der Waals surface area contributed by atoms with Crippen LogP contribution in [0.4, 0.5) is 10.5 Å². The van der Waals surface area contributed by atoms with E-state index in [0.717, 1.165) is 0 Å². The summed E-state index contributed by atoms with van der Waals surface area (Å²) in [5, 5.41) is 12.6. The summed E-state index contributed by atoms with van der Waals surface area (Å²) in [6, 6.07) is 13.2. The molecule has 9 heteroatoms. The molecule has 1 N–H and O–H groups in total. The van der Waals surface area contributed by atoms with Crippen molar-refractivity contribution in [3.05, 3.63) is 58.6 Å². The van der Waals surface area contributed by atoms with Crippen molar-refractivity contribution in [2.24, 2.45) is 0 Å². The Hall–Kier alpha value is -3.54. The van der Waals surface area contributed by atoms with E-state index in [1.807, 2.05) is 6.07 Å².